The van der Waals surface area contributed by atoms with Gasteiger partial charge in [0.05, 0.1) is 0 Å². The highest BCUT2D eigenvalue weighted by atomic mass is 16.5. The standard InChI is InChI=1S/C42H50O6/c1-37(2)13-9-15-39(5)25(37)11-17-41(7)35(39)31-27-23(47-41)19-22(44)34(46)30(27)32-28-24(20-21(43)33(45)29(28)31)48-42(8)18-12-26-38(3,4)14-10-16-40(26,6)36(32)42/h19-20,25-26,35-36H,9-18H2,1-8H3/t25?,26?,35?,36?,39-,40-,41?,42?/m0/s1. The molecule has 0 saturated heterocycles. The van der Waals surface area contributed by atoms with Crippen LogP contribution in [-0.4, -0.2) is 11.2 Å². The van der Waals surface area contributed by atoms with Crippen molar-refractivity contribution in [3.8, 4) is 11.5 Å². The Balaban J connectivity index is 1.49. The molecular weight excluding hydrogens is 600 g/mol. The molecule has 0 N–H and O–H groups in total. The monoisotopic (exact) mass is 650 g/mol. The molecular formula is C42H50O6. The molecule has 48 heavy (non-hydrogen) atoms. The van der Waals surface area contributed by atoms with E-state index in [1.165, 1.54) is 12.1 Å². The van der Waals surface area contributed by atoms with Crippen LogP contribution in [0.2, 0.25) is 0 Å². The Hall–Kier alpha value is -3.02. The van der Waals surface area contributed by atoms with Crippen molar-refractivity contribution in [3.63, 3.8) is 0 Å². The van der Waals surface area contributed by atoms with Gasteiger partial charge in [0.1, 0.15) is 22.7 Å². The first-order valence-electron chi connectivity index (χ1n) is 18.6. The van der Waals surface area contributed by atoms with Gasteiger partial charge in [0.15, 0.2) is 0 Å². The first-order valence-corrected chi connectivity index (χ1v) is 18.6. The summed E-state index contributed by atoms with van der Waals surface area (Å²) in [5, 5.41) is 2.08. The second-order valence-corrected chi connectivity index (χ2v) is 19.3. The van der Waals surface area contributed by atoms with Crippen LogP contribution in [0.4, 0.5) is 0 Å². The Kier molecular flexibility index (Phi) is 5.82. The molecule has 6 aliphatic rings. The van der Waals surface area contributed by atoms with Gasteiger partial charge >= 0.3 is 0 Å². The first-order chi connectivity index (χ1) is 22.4. The summed E-state index contributed by atoms with van der Waals surface area (Å²) in [5.74, 6) is 1.09. The quantitative estimate of drug-likeness (QED) is 0.181. The van der Waals surface area contributed by atoms with Crippen molar-refractivity contribution in [2.45, 2.75) is 143 Å². The average Bonchev–Trinajstić information content (AvgIpc) is 2.96. The maximum Gasteiger partial charge on any atom is 0.234 e. The molecule has 254 valence electrons. The molecule has 4 aliphatic carbocycles. The molecule has 0 spiro atoms. The Morgan fingerprint density at radius 3 is 1.27 bits per heavy atom. The summed E-state index contributed by atoms with van der Waals surface area (Å²) < 4.78 is 14.1. The molecule has 4 saturated carbocycles. The summed E-state index contributed by atoms with van der Waals surface area (Å²) >= 11 is 0. The zero-order chi connectivity index (χ0) is 34.1. The van der Waals surface area contributed by atoms with E-state index in [1.807, 2.05) is 0 Å². The van der Waals surface area contributed by atoms with E-state index < -0.39 is 32.9 Å². The third kappa shape index (κ3) is 3.51. The molecule has 4 fully saturated rings. The van der Waals surface area contributed by atoms with Crippen molar-refractivity contribution >= 4 is 21.5 Å². The molecule has 6 heteroatoms. The van der Waals surface area contributed by atoms with Gasteiger partial charge in [-0.2, -0.15) is 0 Å². The lowest BCUT2D eigenvalue weighted by Crippen LogP contribution is -2.60. The third-order valence-corrected chi connectivity index (χ3v) is 15.7. The van der Waals surface area contributed by atoms with Crippen LogP contribution in [0, 0.1) is 33.5 Å². The van der Waals surface area contributed by atoms with E-state index in [2.05, 4.69) is 55.4 Å². The molecule has 2 heterocycles. The summed E-state index contributed by atoms with van der Waals surface area (Å²) in [6.07, 6.45) is 9.84. The Bertz CT molecular complexity index is 2030. The molecule has 3 aromatic rings. The topological polar surface area (TPSA) is 86.7 Å². The average molecular weight is 651 g/mol. The van der Waals surface area contributed by atoms with E-state index in [9.17, 15) is 19.2 Å². The van der Waals surface area contributed by atoms with E-state index in [1.54, 1.807) is 0 Å². The molecule has 6 nitrogen and oxygen atoms in total. The minimum absolute atomic E-state index is 0.0943. The Labute approximate surface area is 282 Å². The van der Waals surface area contributed by atoms with Crippen LogP contribution in [-0.2, 0) is 0 Å². The Morgan fingerprint density at radius 2 is 0.896 bits per heavy atom. The highest BCUT2D eigenvalue weighted by molar-refractivity contribution is 6.12. The van der Waals surface area contributed by atoms with Crippen LogP contribution in [0.5, 0.6) is 11.5 Å². The minimum atomic E-state index is -0.704. The van der Waals surface area contributed by atoms with Gasteiger partial charge in [-0.3, -0.25) is 19.2 Å². The fourth-order valence-corrected chi connectivity index (χ4v) is 14.3. The number of ether oxygens (including phenoxy) is 2. The predicted molar refractivity (Wildman–Crippen MR) is 189 cm³/mol. The van der Waals surface area contributed by atoms with E-state index in [0.29, 0.717) is 44.9 Å². The molecule has 0 amide bonds. The Morgan fingerprint density at radius 1 is 0.521 bits per heavy atom. The summed E-state index contributed by atoms with van der Waals surface area (Å²) in [6.45, 7) is 18.5. The van der Waals surface area contributed by atoms with Crippen molar-refractivity contribution in [2.24, 2.45) is 33.5 Å². The first kappa shape index (κ1) is 31.0. The van der Waals surface area contributed by atoms with Gasteiger partial charge in [-0.05, 0) is 110 Å². The van der Waals surface area contributed by atoms with Crippen molar-refractivity contribution < 1.29 is 9.47 Å². The number of fused-ring (bicyclic) bond motifs is 10. The highest BCUT2D eigenvalue weighted by Crippen LogP contribution is 2.71. The molecule has 3 aromatic carbocycles. The number of rotatable bonds is 0. The van der Waals surface area contributed by atoms with Crippen LogP contribution in [0.15, 0.2) is 31.3 Å². The molecule has 8 atom stereocenters. The maximum atomic E-state index is 14.6. The molecule has 9 rings (SSSR count). The van der Waals surface area contributed by atoms with Gasteiger partial charge in [-0.1, -0.05) is 54.4 Å². The molecule has 0 bridgehead atoms. The van der Waals surface area contributed by atoms with E-state index in [0.717, 1.165) is 75.3 Å². The van der Waals surface area contributed by atoms with Gasteiger partial charge in [0, 0.05) is 45.5 Å². The van der Waals surface area contributed by atoms with Gasteiger partial charge in [0.25, 0.3) is 0 Å². The summed E-state index contributed by atoms with van der Waals surface area (Å²) in [6, 6.07) is 2.76. The van der Waals surface area contributed by atoms with E-state index >= 15 is 0 Å². The summed E-state index contributed by atoms with van der Waals surface area (Å²) in [5.41, 5.74) is -2.34. The predicted octanol–water partition coefficient (Wildman–Crippen LogP) is 8.03. The lowest BCUT2D eigenvalue weighted by molar-refractivity contribution is -0.128. The smallest absolute Gasteiger partial charge is 0.234 e. The lowest BCUT2D eigenvalue weighted by Gasteiger charge is -2.64. The largest absolute Gasteiger partial charge is 0.486 e. The number of benzene rings is 3. The van der Waals surface area contributed by atoms with E-state index in [4.69, 9.17) is 9.47 Å². The van der Waals surface area contributed by atoms with Gasteiger partial charge in [0.2, 0.25) is 21.7 Å². The highest BCUT2D eigenvalue weighted by Gasteiger charge is 2.65. The lowest BCUT2D eigenvalue weighted by atomic mass is 9.43. The fraction of sp³-hybridized carbons (Fsp3) is 0.667. The summed E-state index contributed by atoms with van der Waals surface area (Å²) in [7, 11) is 0. The summed E-state index contributed by atoms with van der Waals surface area (Å²) in [4.78, 5) is 56.8. The zero-order valence-electron chi connectivity index (χ0n) is 30.0. The molecule has 2 aliphatic heterocycles. The second kappa shape index (κ2) is 9.01. The van der Waals surface area contributed by atoms with Crippen molar-refractivity contribution in [1.29, 1.82) is 0 Å². The van der Waals surface area contributed by atoms with Crippen LogP contribution in [0.1, 0.15) is 143 Å². The van der Waals surface area contributed by atoms with Crippen molar-refractivity contribution in [2.75, 3.05) is 0 Å². The van der Waals surface area contributed by atoms with Gasteiger partial charge < -0.3 is 9.47 Å². The number of hydrogen-bond donors (Lipinski definition) is 0. The van der Waals surface area contributed by atoms with Crippen LogP contribution in [0.25, 0.3) is 21.5 Å². The minimum Gasteiger partial charge on any atom is -0.486 e. The number of hydrogen-bond acceptors (Lipinski definition) is 6. The van der Waals surface area contributed by atoms with Crippen LogP contribution >= 0.6 is 0 Å². The van der Waals surface area contributed by atoms with E-state index in [-0.39, 0.29) is 33.5 Å². The fourth-order valence-electron chi connectivity index (χ4n) is 14.3. The van der Waals surface area contributed by atoms with Crippen molar-refractivity contribution in [3.05, 3.63) is 64.2 Å². The van der Waals surface area contributed by atoms with Gasteiger partial charge in [-0.15, -0.1) is 0 Å². The molecule has 0 aromatic heterocycles. The van der Waals surface area contributed by atoms with Crippen LogP contribution < -0.4 is 31.2 Å². The third-order valence-electron chi connectivity index (χ3n) is 15.7. The maximum absolute atomic E-state index is 14.6. The zero-order valence-corrected chi connectivity index (χ0v) is 30.0. The second-order valence-electron chi connectivity index (χ2n) is 19.3. The molecule has 6 unspecified atom stereocenters. The van der Waals surface area contributed by atoms with Gasteiger partial charge in [-0.25, -0.2) is 0 Å². The van der Waals surface area contributed by atoms with Crippen LogP contribution in [0.3, 0.4) is 0 Å². The molecule has 0 radical (unpaired) electrons. The van der Waals surface area contributed by atoms with Crippen molar-refractivity contribution in [1.82, 2.24) is 0 Å². The normalized spacial score (nSPS) is 40.2. The SMILES string of the molecule is CC1(C)CCC[C@@]2(C)C1CCC1(C)Oc3cc(=O)c(=O)c4c5c6c(cc(=O)c(=O)c6c(c34)C12)OC1(C)CCC2C(C)(C)CCC[C@]2(C)C51.